The maximum absolute atomic E-state index is 4.17. The minimum Gasteiger partial charge on any atom is -0.261 e. The zero-order chi connectivity index (χ0) is 17.9. The van der Waals surface area contributed by atoms with E-state index in [4.69, 9.17) is 0 Å². The van der Waals surface area contributed by atoms with E-state index in [-0.39, 0.29) is 0 Å². The van der Waals surface area contributed by atoms with E-state index < -0.39 is 0 Å². The van der Waals surface area contributed by atoms with Crippen LogP contribution in [0.4, 0.5) is 0 Å². The summed E-state index contributed by atoms with van der Waals surface area (Å²) in [7, 11) is 0. The maximum atomic E-state index is 4.17. The normalized spacial score (nSPS) is 9.25. The predicted octanol–water partition coefficient (Wildman–Crippen LogP) is 4.49. The highest BCUT2D eigenvalue weighted by atomic mass is 14.9. The van der Waals surface area contributed by atoms with Crippen molar-refractivity contribution < 1.29 is 0 Å². The highest BCUT2D eigenvalue weighted by molar-refractivity contribution is 5.10. The Morgan fingerprint density at radius 1 is 0.583 bits per heavy atom. The van der Waals surface area contributed by atoms with Gasteiger partial charge in [0.1, 0.15) is 5.82 Å². The minimum atomic E-state index is 0.838. The number of pyridine rings is 2. The molecule has 0 aliphatic carbocycles. The van der Waals surface area contributed by atoms with E-state index in [2.05, 4.69) is 26.0 Å². The van der Waals surface area contributed by atoms with E-state index in [1.54, 1.807) is 6.20 Å². The van der Waals surface area contributed by atoms with Crippen LogP contribution in [-0.4, -0.2) is 19.9 Å². The Bertz CT molecular complexity index is 638. The van der Waals surface area contributed by atoms with E-state index in [9.17, 15) is 0 Å². The second-order valence-corrected chi connectivity index (χ2v) is 5.64. The molecule has 3 aromatic heterocycles. The zero-order valence-corrected chi connectivity index (χ0v) is 15.4. The summed E-state index contributed by atoms with van der Waals surface area (Å²) in [5.41, 5.74) is 5.50. The van der Waals surface area contributed by atoms with Gasteiger partial charge in [-0.05, 0) is 71.4 Å². The standard InChI is InChI=1S/2C7H9N.C6H8N2/c1-6-3-4-7(2)8-5-6;1-6-4-3-5-7(2)8-6;1-5-3-4-7-6(2)8-5/h2*3-5H,1-2H3;3-4H,1-2H3. The summed E-state index contributed by atoms with van der Waals surface area (Å²) < 4.78 is 0. The van der Waals surface area contributed by atoms with E-state index in [1.165, 1.54) is 5.56 Å². The van der Waals surface area contributed by atoms with Crippen molar-refractivity contribution in [2.24, 2.45) is 0 Å². The largest absolute Gasteiger partial charge is 0.261 e. The molecule has 4 heteroatoms. The summed E-state index contributed by atoms with van der Waals surface area (Å²) in [6, 6.07) is 11.9. The van der Waals surface area contributed by atoms with Crippen molar-refractivity contribution in [1.29, 1.82) is 0 Å². The molecule has 4 nitrogen and oxygen atoms in total. The fourth-order valence-electron chi connectivity index (χ4n) is 1.80. The Morgan fingerprint density at radius 3 is 1.54 bits per heavy atom. The second-order valence-electron chi connectivity index (χ2n) is 5.64. The average Bonchev–Trinajstić information content (AvgIpc) is 2.51. The van der Waals surface area contributed by atoms with Crippen LogP contribution in [0, 0.1) is 41.5 Å². The fraction of sp³-hybridized carbons (Fsp3) is 0.300. The van der Waals surface area contributed by atoms with Gasteiger partial charge in [-0.2, -0.15) is 0 Å². The van der Waals surface area contributed by atoms with Gasteiger partial charge in [0, 0.05) is 35.2 Å². The fourth-order valence-corrected chi connectivity index (χ4v) is 1.80. The molecule has 24 heavy (non-hydrogen) atoms. The van der Waals surface area contributed by atoms with Crippen LogP contribution in [0.15, 0.2) is 48.8 Å². The van der Waals surface area contributed by atoms with Crippen LogP contribution in [0.3, 0.4) is 0 Å². The third-order valence-electron chi connectivity index (χ3n) is 3.00. The van der Waals surface area contributed by atoms with Crippen LogP contribution >= 0.6 is 0 Å². The van der Waals surface area contributed by atoms with Crippen LogP contribution in [-0.2, 0) is 0 Å². The van der Waals surface area contributed by atoms with Gasteiger partial charge >= 0.3 is 0 Å². The van der Waals surface area contributed by atoms with Gasteiger partial charge in [-0.1, -0.05) is 12.1 Å². The number of hydrogen-bond acceptors (Lipinski definition) is 4. The Morgan fingerprint density at radius 2 is 1.21 bits per heavy atom. The number of aryl methyl sites for hydroxylation is 6. The zero-order valence-electron chi connectivity index (χ0n) is 15.4. The van der Waals surface area contributed by atoms with Gasteiger partial charge < -0.3 is 0 Å². The lowest BCUT2D eigenvalue weighted by atomic mass is 10.3. The number of rotatable bonds is 0. The number of aromatic nitrogens is 4. The molecular weight excluding hydrogens is 296 g/mol. The molecule has 0 bridgehead atoms. The Labute approximate surface area is 145 Å². The lowest BCUT2D eigenvalue weighted by Gasteiger charge is -1.90. The third-order valence-corrected chi connectivity index (χ3v) is 3.00. The van der Waals surface area contributed by atoms with Crippen molar-refractivity contribution in [2.75, 3.05) is 0 Å². The molecule has 0 atom stereocenters. The molecule has 0 saturated heterocycles. The molecule has 0 aromatic carbocycles. The van der Waals surface area contributed by atoms with Crippen LogP contribution in [0.1, 0.15) is 34.2 Å². The first kappa shape index (κ1) is 19.4. The summed E-state index contributed by atoms with van der Waals surface area (Å²) in [6.07, 6.45) is 3.63. The third kappa shape index (κ3) is 8.73. The SMILES string of the molecule is Cc1ccc(C)nc1.Cc1cccc(C)n1.Cc1ccnc(C)n1. The molecule has 0 unspecified atom stereocenters. The monoisotopic (exact) mass is 322 g/mol. The highest BCUT2D eigenvalue weighted by Crippen LogP contribution is 1.95. The average molecular weight is 322 g/mol. The van der Waals surface area contributed by atoms with Crippen molar-refractivity contribution in [3.05, 3.63) is 83.0 Å². The smallest absolute Gasteiger partial charge is 0.125 e. The van der Waals surface area contributed by atoms with Crippen molar-refractivity contribution in [2.45, 2.75) is 41.5 Å². The number of hydrogen-bond donors (Lipinski definition) is 0. The molecule has 0 N–H and O–H groups in total. The minimum absolute atomic E-state index is 0.838. The quantitative estimate of drug-likeness (QED) is 0.612. The van der Waals surface area contributed by atoms with E-state index in [1.807, 2.05) is 78.1 Å². The van der Waals surface area contributed by atoms with Gasteiger partial charge in [0.15, 0.2) is 0 Å². The molecule has 0 aliphatic heterocycles. The molecule has 0 aliphatic rings. The molecule has 0 spiro atoms. The lowest BCUT2D eigenvalue weighted by Crippen LogP contribution is -1.86. The molecule has 3 aromatic rings. The van der Waals surface area contributed by atoms with Crippen molar-refractivity contribution in [1.82, 2.24) is 19.9 Å². The van der Waals surface area contributed by atoms with E-state index in [0.717, 1.165) is 28.6 Å². The van der Waals surface area contributed by atoms with Gasteiger partial charge in [-0.3, -0.25) is 9.97 Å². The molecule has 126 valence electrons. The van der Waals surface area contributed by atoms with E-state index >= 15 is 0 Å². The summed E-state index contributed by atoms with van der Waals surface area (Å²) in [4.78, 5) is 16.2. The summed E-state index contributed by atoms with van der Waals surface area (Å²) >= 11 is 0. The van der Waals surface area contributed by atoms with Crippen LogP contribution in [0.5, 0.6) is 0 Å². The summed E-state index contributed by atoms with van der Waals surface area (Å²) in [5, 5.41) is 0. The number of nitrogens with zero attached hydrogens (tertiary/aromatic N) is 4. The first-order chi connectivity index (χ1) is 11.4. The molecule has 0 amide bonds. The first-order valence-electron chi connectivity index (χ1n) is 7.92. The van der Waals surface area contributed by atoms with E-state index in [0.29, 0.717) is 0 Å². The van der Waals surface area contributed by atoms with Gasteiger partial charge in [0.05, 0.1) is 0 Å². The van der Waals surface area contributed by atoms with Crippen molar-refractivity contribution >= 4 is 0 Å². The van der Waals surface area contributed by atoms with Gasteiger partial charge in [0.25, 0.3) is 0 Å². The summed E-state index contributed by atoms with van der Waals surface area (Å²) in [6.45, 7) is 11.8. The predicted molar refractivity (Wildman–Crippen MR) is 98.9 cm³/mol. The Balaban J connectivity index is 0.000000180. The molecule has 0 fully saturated rings. The molecule has 0 radical (unpaired) electrons. The van der Waals surface area contributed by atoms with Crippen molar-refractivity contribution in [3.8, 4) is 0 Å². The maximum Gasteiger partial charge on any atom is 0.125 e. The topological polar surface area (TPSA) is 51.6 Å². The van der Waals surface area contributed by atoms with Gasteiger partial charge in [-0.15, -0.1) is 0 Å². The first-order valence-corrected chi connectivity index (χ1v) is 7.92. The molecule has 3 rings (SSSR count). The van der Waals surface area contributed by atoms with Crippen LogP contribution < -0.4 is 0 Å². The van der Waals surface area contributed by atoms with Crippen LogP contribution in [0.2, 0.25) is 0 Å². The van der Waals surface area contributed by atoms with Gasteiger partial charge in [-0.25, -0.2) is 9.97 Å². The molecule has 0 saturated carbocycles. The Hall–Kier alpha value is -2.62. The lowest BCUT2D eigenvalue weighted by molar-refractivity contribution is 1.01. The second kappa shape index (κ2) is 10.2. The molecule has 3 heterocycles. The summed E-state index contributed by atoms with van der Waals surface area (Å²) in [5.74, 6) is 0.838. The van der Waals surface area contributed by atoms with Gasteiger partial charge in [0.2, 0.25) is 0 Å². The molecular formula is C20H26N4. The van der Waals surface area contributed by atoms with Crippen LogP contribution in [0.25, 0.3) is 0 Å². The Kier molecular flexibility index (Phi) is 8.26. The highest BCUT2D eigenvalue weighted by Gasteiger charge is 1.84. The van der Waals surface area contributed by atoms with Crippen molar-refractivity contribution in [3.63, 3.8) is 0 Å².